The molecule has 0 unspecified atom stereocenters. The van der Waals surface area contributed by atoms with Gasteiger partial charge in [-0.1, -0.05) is 6.42 Å². The van der Waals surface area contributed by atoms with Crippen molar-refractivity contribution in [2.75, 3.05) is 0 Å². The van der Waals surface area contributed by atoms with Crippen molar-refractivity contribution in [3.05, 3.63) is 4.91 Å². The summed E-state index contributed by atoms with van der Waals surface area (Å²) in [4.78, 5) is 31.0. The van der Waals surface area contributed by atoms with Crippen LogP contribution in [0.5, 0.6) is 0 Å². The second-order valence-corrected chi connectivity index (χ2v) is 2.64. The fraction of sp³-hybridized carbons (Fsp3) is 0.667. The van der Waals surface area contributed by atoms with Gasteiger partial charge in [0.2, 0.25) is 0 Å². The van der Waals surface area contributed by atoms with E-state index in [0.29, 0.717) is 6.42 Å². The second kappa shape index (κ2) is 2.41. The van der Waals surface area contributed by atoms with Gasteiger partial charge >= 0.3 is 11.9 Å². The van der Waals surface area contributed by atoms with E-state index in [1.807, 2.05) is 0 Å². The summed E-state index contributed by atoms with van der Waals surface area (Å²) < 4.78 is 0. The van der Waals surface area contributed by atoms with Crippen molar-refractivity contribution in [2.24, 2.45) is 10.6 Å². The van der Waals surface area contributed by atoms with Crippen molar-refractivity contribution in [2.45, 2.75) is 19.3 Å². The predicted octanol–water partition coefficient (Wildman–Crippen LogP) is 0.534. The van der Waals surface area contributed by atoms with E-state index in [1.54, 1.807) is 0 Å². The minimum absolute atomic E-state index is 0.243. The Labute approximate surface area is 62.4 Å². The molecule has 0 aromatic heterocycles. The summed E-state index contributed by atoms with van der Waals surface area (Å²) >= 11 is 0. The predicted molar refractivity (Wildman–Crippen MR) is 34.7 cm³/mol. The van der Waals surface area contributed by atoms with E-state index < -0.39 is 17.3 Å². The molecule has 0 heterocycles. The van der Waals surface area contributed by atoms with E-state index in [2.05, 4.69) is 5.18 Å². The molecule has 0 spiro atoms. The Morgan fingerprint density at radius 2 is 1.91 bits per heavy atom. The van der Waals surface area contributed by atoms with Crippen LogP contribution in [0.4, 0.5) is 0 Å². The van der Waals surface area contributed by atoms with Crippen LogP contribution in [-0.4, -0.2) is 17.0 Å². The first-order valence-corrected chi connectivity index (χ1v) is 3.25. The quantitative estimate of drug-likeness (QED) is 0.468. The molecular formula is C6H7NO4. The molecule has 1 aliphatic carbocycles. The highest BCUT2D eigenvalue weighted by molar-refractivity contribution is 6.03. The number of hydrogen-bond acceptors (Lipinski definition) is 3. The average Bonchev–Trinajstić information content (AvgIpc) is 1.84. The first-order valence-electron chi connectivity index (χ1n) is 3.25. The number of nitroso groups, excluding NO2 is 1. The minimum atomic E-state index is -1.47. The maximum atomic E-state index is 10.7. The van der Waals surface area contributed by atoms with E-state index in [4.69, 9.17) is 5.11 Å². The zero-order valence-corrected chi connectivity index (χ0v) is 5.74. The van der Waals surface area contributed by atoms with Crippen molar-refractivity contribution in [3.63, 3.8) is 0 Å². The highest BCUT2D eigenvalue weighted by Gasteiger charge is 2.52. The SMILES string of the molecule is O=NC(=O)C1(C(=O)O)CCC1. The molecule has 1 aliphatic rings. The monoisotopic (exact) mass is 157 g/mol. The number of hydrogen-bond donors (Lipinski definition) is 1. The lowest BCUT2D eigenvalue weighted by Gasteiger charge is -2.32. The van der Waals surface area contributed by atoms with Gasteiger partial charge in [0.05, 0.1) is 0 Å². The van der Waals surface area contributed by atoms with Gasteiger partial charge < -0.3 is 5.11 Å². The maximum absolute atomic E-state index is 10.7. The topological polar surface area (TPSA) is 83.8 Å². The van der Waals surface area contributed by atoms with Crippen molar-refractivity contribution in [1.29, 1.82) is 0 Å². The Kier molecular flexibility index (Phi) is 1.72. The lowest BCUT2D eigenvalue weighted by Crippen LogP contribution is -2.44. The molecule has 0 bridgehead atoms. The first-order chi connectivity index (χ1) is 5.13. The van der Waals surface area contributed by atoms with Crippen molar-refractivity contribution in [1.82, 2.24) is 0 Å². The molecule has 1 saturated carbocycles. The number of nitrogens with zero attached hydrogens (tertiary/aromatic N) is 1. The van der Waals surface area contributed by atoms with Gasteiger partial charge in [0, 0.05) is 5.18 Å². The number of carbonyl (C=O) groups excluding carboxylic acids is 1. The molecule has 0 aromatic carbocycles. The Bertz CT molecular complexity index is 219. The molecule has 0 saturated heterocycles. The van der Waals surface area contributed by atoms with Gasteiger partial charge in [0.25, 0.3) is 0 Å². The largest absolute Gasteiger partial charge is 0.480 e. The molecule has 0 aliphatic heterocycles. The summed E-state index contributed by atoms with van der Waals surface area (Å²) in [6, 6.07) is 0. The Balaban J connectivity index is 2.83. The Morgan fingerprint density at radius 3 is 2.00 bits per heavy atom. The van der Waals surface area contributed by atoms with Gasteiger partial charge in [-0.25, -0.2) is 0 Å². The van der Waals surface area contributed by atoms with Gasteiger partial charge in [0.15, 0.2) is 5.41 Å². The molecule has 1 fully saturated rings. The number of carbonyl (C=O) groups is 2. The third-order valence-corrected chi connectivity index (χ3v) is 2.11. The molecule has 1 N–H and O–H groups in total. The Morgan fingerprint density at radius 1 is 1.36 bits per heavy atom. The van der Waals surface area contributed by atoms with Crippen LogP contribution in [0, 0.1) is 10.3 Å². The third kappa shape index (κ3) is 0.923. The minimum Gasteiger partial charge on any atom is -0.480 e. The molecule has 5 nitrogen and oxygen atoms in total. The van der Waals surface area contributed by atoms with Crippen LogP contribution in [-0.2, 0) is 9.59 Å². The zero-order chi connectivity index (χ0) is 8.48. The van der Waals surface area contributed by atoms with Crippen molar-refractivity contribution >= 4 is 11.9 Å². The molecule has 5 heteroatoms. The van der Waals surface area contributed by atoms with Crippen LogP contribution in [0.2, 0.25) is 0 Å². The summed E-state index contributed by atoms with van der Waals surface area (Å²) in [6.45, 7) is 0. The summed E-state index contributed by atoms with van der Waals surface area (Å²) in [7, 11) is 0. The Hall–Kier alpha value is -1.26. The number of carboxylic acids is 1. The van der Waals surface area contributed by atoms with Crippen LogP contribution in [0.25, 0.3) is 0 Å². The number of carboxylic acid groups (broad SMARTS) is 1. The van der Waals surface area contributed by atoms with Gasteiger partial charge in [-0.05, 0) is 12.8 Å². The molecule has 0 aromatic rings. The van der Waals surface area contributed by atoms with Crippen molar-refractivity contribution < 1.29 is 14.7 Å². The summed E-state index contributed by atoms with van der Waals surface area (Å²) in [5.41, 5.74) is -1.47. The lowest BCUT2D eigenvalue weighted by molar-refractivity contribution is -0.160. The third-order valence-electron chi connectivity index (χ3n) is 2.11. The van der Waals surface area contributed by atoms with E-state index in [1.165, 1.54) is 0 Å². The van der Waals surface area contributed by atoms with Crippen LogP contribution >= 0.6 is 0 Å². The average molecular weight is 157 g/mol. The summed E-state index contributed by atoms with van der Waals surface area (Å²) in [5.74, 6) is -2.27. The normalized spacial score (nSPS) is 20.0. The summed E-state index contributed by atoms with van der Waals surface area (Å²) in [5, 5.41) is 10.7. The van der Waals surface area contributed by atoms with Crippen LogP contribution in [0.3, 0.4) is 0 Å². The zero-order valence-electron chi connectivity index (χ0n) is 5.74. The van der Waals surface area contributed by atoms with E-state index >= 15 is 0 Å². The van der Waals surface area contributed by atoms with Gasteiger partial charge in [-0.15, -0.1) is 4.91 Å². The second-order valence-electron chi connectivity index (χ2n) is 2.64. The molecule has 1 amide bonds. The fourth-order valence-corrected chi connectivity index (χ4v) is 1.14. The van der Waals surface area contributed by atoms with E-state index in [-0.39, 0.29) is 12.8 Å². The standard InChI is InChI=1S/C6H7NO4/c8-4(7-11)6(5(9)10)2-1-3-6/h1-3H2,(H,9,10). The van der Waals surface area contributed by atoms with Crippen molar-refractivity contribution in [3.8, 4) is 0 Å². The molecule has 0 radical (unpaired) electrons. The van der Waals surface area contributed by atoms with Gasteiger partial charge in [-0.3, -0.25) is 9.59 Å². The van der Waals surface area contributed by atoms with Gasteiger partial charge in [0.1, 0.15) is 0 Å². The molecule has 0 atom stereocenters. The molecule has 11 heavy (non-hydrogen) atoms. The number of aliphatic carboxylic acids is 1. The van der Waals surface area contributed by atoms with E-state index in [9.17, 15) is 14.5 Å². The van der Waals surface area contributed by atoms with Crippen LogP contribution < -0.4 is 0 Å². The van der Waals surface area contributed by atoms with Crippen LogP contribution in [0.1, 0.15) is 19.3 Å². The molecule has 1 rings (SSSR count). The van der Waals surface area contributed by atoms with E-state index in [0.717, 1.165) is 0 Å². The smallest absolute Gasteiger partial charge is 0.319 e. The number of rotatable bonds is 2. The van der Waals surface area contributed by atoms with Gasteiger partial charge in [-0.2, -0.15) is 0 Å². The lowest BCUT2D eigenvalue weighted by atomic mass is 9.68. The molecule has 60 valence electrons. The highest BCUT2D eigenvalue weighted by atomic mass is 16.4. The van der Waals surface area contributed by atoms with Crippen LogP contribution in [0.15, 0.2) is 5.18 Å². The summed E-state index contributed by atoms with van der Waals surface area (Å²) in [6.07, 6.45) is 1.16. The fourth-order valence-electron chi connectivity index (χ4n) is 1.14. The first kappa shape index (κ1) is 7.84. The highest BCUT2D eigenvalue weighted by Crippen LogP contribution is 2.42. The number of amides is 1. The molecular weight excluding hydrogens is 150 g/mol. The maximum Gasteiger partial charge on any atom is 0.319 e.